The van der Waals surface area contributed by atoms with Crippen LogP contribution in [0.25, 0.3) is 0 Å². The highest BCUT2D eigenvalue weighted by Gasteiger charge is 2.36. The molecule has 1 heterocycles. The Labute approximate surface area is 85.9 Å². The van der Waals surface area contributed by atoms with Crippen LogP contribution in [-0.4, -0.2) is 22.2 Å². The van der Waals surface area contributed by atoms with Crippen molar-refractivity contribution in [1.82, 2.24) is 4.98 Å². The second kappa shape index (κ2) is 3.88. The van der Waals surface area contributed by atoms with Crippen LogP contribution in [0.3, 0.4) is 0 Å². The highest BCUT2D eigenvalue weighted by molar-refractivity contribution is 9.10. The molecule has 0 amide bonds. The molecule has 3 nitrogen and oxygen atoms in total. The van der Waals surface area contributed by atoms with E-state index in [-0.39, 0.29) is 4.60 Å². The molecule has 14 heavy (non-hydrogen) atoms. The Hall–Kier alpha value is -0.595. The normalized spacial score (nSPS) is 11.6. The van der Waals surface area contributed by atoms with E-state index in [1.807, 2.05) is 0 Å². The molecular weight excluding hydrogens is 266 g/mol. The van der Waals surface area contributed by atoms with Gasteiger partial charge in [0, 0.05) is 11.7 Å². The number of hydrogen-bond acceptors (Lipinski definition) is 3. The van der Waals surface area contributed by atoms with Gasteiger partial charge in [-0.25, -0.2) is 4.98 Å². The molecular formula is C6H4BBrF3NO2. The van der Waals surface area contributed by atoms with E-state index in [9.17, 15) is 13.2 Å². The van der Waals surface area contributed by atoms with Gasteiger partial charge >= 0.3 is 13.3 Å². The molecule has 0 bridgehead atoms. The number of alkyl halides is 3. The maximum absolute atomic E-state index is 12.3. The topological polar surface area (TPSA) is 53.4 Å². The maximum Gasteiger partial charge on any atom is 0.490 e. The minimum absolute atomic E-state index is 0.0192. The second-order valence-electron chi connectivity index (χ2n) is 2.47. The molecule has 2 N–H and O–H groups in total. The maximum atomic E-state index is 12.3. The molecule has 0 fully saturated rings. The first-order chi connectivity index (χ1) is 6.32. The van der Waals surface area contributed by atoms with Gasteiger partial charge in [-0.05, 0) is 22.0 Å². The lowest BCUT2D eigenvalue weighted by molar-refractivity contribution is -0.137. The Morgan fingerprint density at radius 2 is 1.93 bits per heavy atom. The zero-order valence-corrected chi connectivity index (χ0v) is 8.17. The minimum Gasteiger partial charge on any atom is -0.423 e. The summed E-state index contributed by atoms with van der Waals surface area (Å²) in [4.78, 5) is 3.47. The average molecular weight is 270 g/mol. The van der Waals surface area contributed by atoms with E-state index < -0.39 is 24.3 Å². The molecule has 0 saturated carbocycles. The summed E-state index contributed by atoms with van der Waals surface area (Å²) in [6.07, 6.45) is -3.87. The molecule has 0 aliphatic rings. The highest BCUT2D eigenvalue weighted by Crippen LogP contribution is 2.29. The summed E-state index contributed by atoms with van der Waals surface area (Å²) in [6, 6.07) is 0.689. The predicted molar refractivity (Wildman–Crippen MR) is 46.8 cm³/mol. The third-order valence-corrected chi connectivity index (χ3v) is 1.92. The summed E-state index contributed by atoms with van der Waals surface area (Å²) in [5.74, 6) is 0. The van der Waals surface area contributed by atoms with Crippen molar-refractivity contribution in [1.29, 1.82) is 0 Å². The van der Waals surface area contributed by atoms with Crippen LogP contribution in [0.2, 0.25) is 0 Å². The van der Waals surface area contributed by atoms with E-state index in [4.69, 9.17) is 10.0 Å². The van der Waals surface area contributed by atoms with Crippen LogP contribution >= 0.6 is 15.9 Å². The standard InChI is InChI=1S/C6H4BBrF3NO2/c8-5-1-3(6(9,10)11)4(2-12-5)7(13)14/h1-2,13-14H. The number of halogens is 4. The van der Waals surface area contributed by atoms with Crippen molar-refractivity contribution in [3.63, 3.8) is 0 Å². The molecule has 0 spiro atoms. The van der Waals surface area contributed by atoms with E-state index in [1.54, 1.807) is 0 Å². The Bertz CT molecular complexity index is 344. The molecule has 76 valence electrons. The number of hydrogen-bond donors (Lipinski definition) is 2. The van der Waals surface area contributed by atoms with Gasteiger partial charge in [-0.3, -0.25) is 0 Å². The monoisotopic (exact) mass is 269 g/mol. The van der Waals surface area contributed by atoms with Crippen LogP contribution in [0.5, 0.6) is 0 Å². The van der Waals surface area contributed by atoms with Gasteiger partial charge in [0.25, 0.3) is 0 Å². The fraction of sp³-hybridized carbons (Fsp3) is 0.167. The van der Waals surface area contributed by atoms with Crippen molar-refractivity contribution >= 4 is 28.5 Å². The number of nitrogens with zero attached hydrogens (tertiary/aromatic N) is 1. The summed E-state index contributed by atoms with van der Waals surface area (Å²) in [5, 5.41) is 17.3. The molecule has 0 aromatic carbocycles. The molecule has 0 unspecified atom stereocenters. The third-order valence-electron chi connectivity index (χ3n) is 1.48. The Kier molecular flexibility index (Phi) is 3.18. The molecule has 0 radical (unpaired) electrons. The summed E-state index contributed by atoms with van der Waals surface area (Å²) >= 11 is 2.76. The van der Waals surface area contributed by atoms with Crippen molar-refractivity contribution in [2.24, 2.45) is 0 Å². The largest absolute Gasteiger partial charge is 0.490 e. The number of aromatic nitrogens is 1. The number of pyridine rings is 1. The first-order valence-corrected chi connectivity index (χ1v) is 4.20. The Morgan fingerprint density at radius 1 is 1.36 bits per heavy atom. The molecule has 8 heteroatoms. The molecule has 0 aliphatic carbocycles. The van der Waals surface area contributed by atoms with Crippen molar-refractivity contribution in [2.45, 2.75) is 6.18 Å². The Morgan fingerprint density at radius 3 is 2.36 bits per heavy atom. The summed E-state index contributed by atoms with van der Waals surface area (Å²) < 4.78 is 36.9. The highest BCUT2D eigenvalue weighted by atomic mass is 79.9. The number of rotatable bonds is 1. The lowest BCUT2D eigenvalue weighted by Crippen LogP contribution is -2.36. The van der Waals surface area contributed by atoms with Gasteiger partial charge in [-0.15, -0.1) is 0 Å². The zero-order chi connectivity index (χ0) is 10.9. The van der Waals surface area contributed by atoms with Crippen LogP contribution in [0, 0.1) is 0 Å². The van der Waals surface area contributed by atoms with Crippen molar-refractivity contribution in [2.75, 3.05) is 0 Å². The van der Waals surface area contributed by atoms with Crippen LogP contribution in [-0.2, 0) is 6.18 Å². The van der Waals surface area contributed by atoms with Gasteiger partial charge in [0.1, 0.15) is 4.60 Å². The first kappa shape index (κ1) is 11.5. The fourth-order valence-electron chi connectivity index (χ4n) is 0.892. The fourth-order valence-corrected chi connectivity index (χ4v) is 1.22. The van der Waals surface area contributed by atoms with Gasteiger partial charge < -0.3 is 10.0 Å². The van der Waals surface area contributed by atoms with E-state index in [1.165, 1.54) is 0 Å². The summed E-state index contributed by atoms with van der Waals surface area (Å²) in [7, 11) is -2.19. The van der Waals surface area contributed by atoms with Gasteiger partial charge in [-0.1, -0.05) is 0 Å². The van der Waals surface area contributed by atoms with Crippen LogP contribution in [0.15, 0.2) is 16.9 Å². The van der Waals surface area contributed by atoms with E-state index in [2.05, 4.69) is 20.9 Å². The summed E-state index contributed by atoms with van der Waals surface area (Å²) in [6.45, 7) is 0. The predicted octanol–water partition coefficient (Wildman–Crippen LogP) is 0.543. The zero-order valence-electron chi connectivity index (χ0n) is 6.59. The van der Waals surface area contributed by atoms with Gasteiger partial charge in [0.2, 0.25) is 0 Å². The SMILES string of the molecule is OB(O)c1cnc(Br)cc1C(F)(F)F. The van der Waals surface area contributed by atoms with Gasteiger partial charge in [-0.2, -0.15) is 13.2 Å². The first-order valence-electron chi connectivity index (χ1n) is 3.41. The van der Waals surface area contributed by atoms with E-state index in [0.29, 0.717) is 6.07 Å². The van der Waals surface area contributed by atoms with E-state index in [0.717, 1.165) is 6.20 Å². The molecule has 0 saturated heterocycles. The Balaban J connectivity index is 3.30. The quantitative estimate of drug-likeness (QED) is 0.578. The van der Waals surface area contributed by atoms with Crippen LogP contribution in [0.4, 0.5) is 13.2 Å². The molecule has 1 aromatic rings. The lowest BCUT2D eigenvalue weighted by atomic mass is 9.78. The molecule has 0 atom stereocenters. The van der Waals surface area contributed by atoms with Crippen molar-refractivity contribution < 1.29 is 23.2 Å². The van der Waals surface area contributed by atoms with Gasteiger partial charge in [0.05, 0.1) is 5.56 Å². The smallest absolute Gasteiger partial charge is 0.423 e. The van der Waals surface area contributed by atoms with Crippen molar-refractivity contribution in [3.8, 4) is 0 Å². The molecule has 1 aromatic heterocycles. The van der Waals surface area contributed by atoms with Crippen molar-refractivity contribution in [3.05, 3.63) is 22.4 Å². The molecule has 0 aliphatic heterocycles. The summed E-state index contributed by atoms with van der Waals surface area (Å²) in [5.41, 5.74) is -1.78. The van der Waals surface area contributed by atoms with Gasteiger partial charge in [0.15, 0.2) is 0 Å². The lowest BCUT2D eigenvalue weighted by Gasteiger charge is -2.11. The molecule has 1 rings (SSSR count). The van der Waals surface area contributed by atoms with Crippen LogP contribution in [0.1, 0.15) is 5.56 Å². The van der Waals surface area contributed by atoms with E-state index >= 15 is 0 Å². The minimum atomic E-state index is -4.63. The average Bonchev–Trinajstić information content (AvgIpc) is 2.01. The third kappa shape index (κ3) is 2.46. The van der Waals surface area contributed by atoms with Crippen LogP contribution < -0.4 is 5.46 Å². The second-order valence-corrected chi connectivity index (χ2v) is 3.28.